The fourth-order valence-electron chi connectivity index (χ4n) is 2.89. The quantitative estimate of drug-likeness (QED) is 0.784. The third-order valence-corrected chi connectivity index (χ3v) is 6.40. The lowest BCUT2D eigenvalue weighted by atomic mass is 10.1. The summed E-state index contributed by atoms with van der Waals surface area (Å²) in [6.45, 7) is 1.27. The van der Waals surface area contributed by atoms with Gasteiger partial charge in [-0.2, -0.15) is 17.0 Å². The van der Waals surface area contributed by atoms with Gasteiger partial charge in [0.1, 0.15) is 5.75 Å². The molecule has 1 heterocycles. The molecule has 0 radical (unpaired) electrons. The Morgan fingerprint density at radius 2 is 1.69 bits per heavy atom. The van der Waals surface area contributed by atoms with Crippen LogP contribution in [0.5, 0.6) is 5.75 Å². The van der Waals surface area contributed by atoms with Gasteiger partial charge in [0.05, 0.1) is 0 Å². The Kier molecular flexibility index (Phi) is 5.45. The summed E-state index contributed by atoms with van der Waals surface area (Å²) in [6.07, 6.45) is 0. The van der Waals surface area contributed by atoms with Crippen LogP contribution in [0.4, 0.5) is 0 Å². The second-order valence-electron chi connectivity index (χ2n) is 6.37. The number of carbonyl (C=O) groups is 1. The van der Waals surface area contributed by atoms with Crippen molar-refractivity contribution in [2.45, 2.75) is 0 Å². The van der Waals surface area contributed by atoms with Crippen molar-refractivity contribution in [3.8, 4) is 5.75 Å². The fourth-order valence-corrected chi connectivity index (χ4v) is 3.98. The maximum absolute atomic E-state index is 12.3. The molecule has 0 N–H and O–H groups in total. The van der Waals surface area contributed by atoms with Crippen LogP contribution in [0, 0.1) is 0 Å². The lowest BCUT2D eigenvalue weighted by molar-refractivity contribution is -0.134. The monoisotopic (exact) mass is 377 g/mol. The predicted molar refractivity (Wildman–Crippen MR) is 100 cm³/mol. The molecular weight excluding hydrogens is 354 g/mol. The summed E-state index contributed by atoms with van der Waals surface area (Å²) in [5.41, 5.74) is 0. The first-order valence-corrected chi connectivity index (χ1v) is 9.84. The summed E-state index contributed by atoms with van der Waals surface area (Å²) in [6, 6.07) is 13.7. The molecule has 1 amide bonds. The summed E-state index contributed by atoms with van der Waals surface area (Å²) in [4.78, 5) is 14.0. The Bertz CT molecular complexity index is 890. The molecule has 8 heteroatoms. The molecule has 0 unspecified atom stereocenters. The first-order valence-electron chi connectivity index (χ1n) is 8.45. The first kappa shape index (κ1) is 18.6. The summed E-state index contributed by atoms with van der Waals surface area (Å²) in [5, 5.41) is 2.17. The molecule has 0 aliphatic carbocycles. The summed E-state index contributed by atoms with van der Waals surface area (Å²) < 4.78 is 32.4. The number of piperazine rings is 1. The van der Waals surface area contributed by atoms with E-state index in [4.69, 9.17) is 4.74 Å². The third-order valence-electron chi connectivity index (χ3n) is 4.46. The second-order valence-corrected chi connectivity index (χ2v) is 8.51. The van der Waals surface area contributed by atoms with Crippen LogP contribution in [0.25, 0.3) is 10.8 Å². The molecule has 26 heavy (non-hydrogen) atoms. The van der Waals surface area contributed by atoms with Gasteiger partial charge in [0.15, 0.2) is 6.61 Å². The second kappa shape index (κ2) is 7.61. The highest BCUT2D eigenvalue weighted by Crippen LogP contribution is 2.20. The van der Waals surface area contributed by atoms with E-state index in [1.54, 1.807) is 4.90 Å². The van der Waals surface area contributed by atoms with Crippen molar-refractivity contribution in [1.29, 1.82) is 0 Å². The van der Waals surface area contributed by atoms with Crippen molar-refractivity contribution in [2.75, 3.05) is 46.9 Å². The average Bonchev–Trinajstić information content (AvgIpc) is 2.66. The minimum Gasteiger partial charge on any atom is -0.484 e. The van der Waals surface area contributed by atoms with E-state index < -0.39 is 10.2 Å². The van der Waals surface area contributed by atoms with Crippen LogP contribution in [0.15, 0.2) is 42.5 Å². The Balaban J connectivity index is 1.54. The van der Waals surface area contributed by atoms with Crippen molar-refractivity contribution >= 4 is 26.9 Å². The third kappa shape index (κ3) is 3.98. The first-order chi connectivity index (χ1) is 12.4. The molecule has 2 aromatic rings. The number of ether oxygens (including phenoxy) is 1. The molecule has 1 aliphatic rings. The number of fused-ring (bicyclic) bond motifs is 1. The smallest absolute Gasteiger partial charge is 0.281 e. The number of amides is 1. The molecule has 1 aliphatic heterocycles. The van der Waals surface area contributed by atoms with Crippen LogP contribution in [0.3, 0.4) is 0 Å². The molecule has 1 saturated heterocycles. The Morgan fingerprint density at radius 3 is 2.35 bits per heavy atom. The summed E-state index contributed by atoms with van der Waals surface area (Å²) in [5.74, 6) is 0.505. The van der Waals surface area contributed by atoms with Gasteiger partial charge in [-0.1, -0.05) is 30.3 Å². The number of nitrogens with zero attached hydrogens (tertiary/aromatic N) is 3. The highest BCUT2D eigenvalue weighted by molar-refractivity contribution is 7.86. The van der Waals surface area contributed by atoms with E-state index in [9.17, 15) is 13.2 Å². The lowest BCUT2D eigenvalue weighted by Gasteiger charge is -2.35. The number of hydrogen-bond acceptors (Lipinski definition) is 4. The van der Waals surface area contributed by atoms with Gasteiger partial charge in [0.25, 0.3) is 16.1 Å². The van der Waals surface area contributed by atoms with Crippen molar-refractivity contribution in [3.63, 3.8) is 0 Å². The van der Waals surface area contributed by atoms with Gasteiger partial charge < -0.3 is 9.64 Å². The maximum Gasteiger partial charge on any atom is 0.281 e. The SMILES string of the molecule is CN(C)S(=O)(=O)N1CCN(C(=O)COc2ccc3ccccc3c2)CC1. The molecule has 0 atom stereocenters. The number of carbonyl (C=O) groups excluding carboxylic acids is 1. The molecule has 0 bridgehead atoms. The zero-order chi connectivity index (χ0) is 18.7. The van der Waals surface area contributed by atoms with Crippen molar-refractivity contribution in [3.05, 3.63) is 42.5 Å². The number of benzene rings is 2. The average molecular weight is 377 g/mol. The van der Waals surface area contributed by atoms with Crippen LogP contribution < -0.4 is 4.74 Å². The van der Waals surface area contributed by atoms with Crippen molar-refractivity contribution in [1.82, 2.24) is 13.5 Å². The molecule has 0 aromatic heterocycles. The van der Waals surface area contributed by atoms with Crippen LogP contribution >= 0.6 is 0 Å². The van der Waals surface area contributed by atoms with Gasteiger partial charge >= 0.3 is 0 Å². The highest BCUT2D eigenvalue weighted by atomic mass is 32.2. The number of rotatable bonds is 5. The zero-order valence-corrected chi connectivity index (χ0v) is 15.8. The zero-order valence-electron chi connectivity index (χ0n) is 15.0. The molecule has 0 spiro atoms. The van der Waals surface area contributed by atoms with Gasteiger partial charge in [-0.25, -0.2) is 0 Å². The lowest BCUT2D eigenvalue weighted by Crippen LogP contribution is -2.53. The Labute approximate surface area is 153 Å². The van der Waals surface area contributed by atoms with E-state index >= 15 is 0 Å². The molecule has 3 rings (SSSR count). The van der Waals surface area contributed by atoms with Crippen molar-refractivity contribution in [2.24, 2.45) is 0 Å². The van der Waals surface area contributed by atoms with E-state index in [2.05, 4.69) is 0 Å². The van der Waals surface area contributed by atoms with E-state index in [1.165, 1.54) is 22.7 Å². The molecule has 1 fully saturated rings. The Morgan fingerprint density at radius 1 is 1.04 bits per heavy atom. The standard InChI is InChI=1S/C18H23N3O4S/c1-19(2)26(23,24)21-11-9-20(10-12-21)18(22)14-25-17-8-7-15-5-3-4-6-16(15)13-17/h3-8,13H,9-12,14H2,1-2H3. The minimum absolute atomic E-state index is 0.0568. The molecule has 2 aromatic carbocycles. The van der Waals surface area contributed by atoms with E-state index in [1.807, 2.05) is 42.5 Å². The maximum atomic E-state index is 12.3. The fraction of sp³-hybridized carbons (Fsp3) is 0.389. The van der Waals surface area contributed by atoms with Crippen LogP contribution in [-0.2, 0) is 15.0 Å². The van der Waals surface area contributed by atoms with Gasteiger partial charge in [-0.05, 0) is 22.9 Å². The summed E-state index contributed by atoms with van der Waals surface area (Å²) in [7, 11) is -0.419. The molecule has 0 saturated carbocycles. The van der Waals surface area contributed by atoms with Crippen LogP contribution in [0.2, 0.25) is 0 Å². The number of hydrogen-bond donors (Lipinski definition) is 0. The molecule has 140 valence electrons. The van der Waals surface area contributed by atoms with Gasteiger partial charge in [0.2, 0.25) is 0 Å². The van der Waals surface area contributed by atoms with Gasteiger partial charge in [-0.15, -0.1) is 0 Å². The summed E-state index contributed by atoms with van der Waals surface area (Å²) >= 11 is 0. The minimum atomic E-state index is -3.43. The largest absolute Gasteiger partial charge is 0.484 e. The van der Waals surface area contributed by atoms with E-state index in [-0.39, 0.29) is 12.5 Å². The van der Waals surface area contributed by atoms with E-state index in [0.717, 1.165) is 10.8 Å². The molecule has 7 nitrogen and oxygen atoms in total. The predicted octanol–water partition coefficient (Wildman–Crippen LogP) is 1.17. The Hall–Kier alpha value is -2.16. The topological polar surface area (TPSA) is 70.2 Å². The highest BCUT2D eigenvalue weighted by Gasteiger charge is 2.30. The van der Waals surface area contributed by atoms with Crippen molar-refractivity contribution < 1.29 is 17.9 Å². The van der Waals surface area contributed by atoms with Crippen LogP contribution in [0.1, 0.15) is 0 Å². The van der Waals surface area contributed by atoms with Crippen LogP contribution in [-0.4, -0.2) is 74.7 Å². The van der Waals surface area contributed by atoms with Gasteiger partial charge in [-0.3, -0.25) is 4.79 Å². The molecular formula is C18H23N3O4S. The van der Waals surface area contributed by atoms with E-state index in [0.29, 0.717) is 31.9 Å². The van der Waals surface area contributed by atoms with Gasteiger partial charge in [0, 0.05) is 40.3 Å². The normalized spacial score (nSPS) is 16.2.